The molecule has 0 bridgehead atoms. The maximum atomic E-state index is 12.3. The molecule has 3 aromatic rings. The first-order chi connectivity index (χ1) is 11.7. The summed E-state index contributed by atoms with van der Waals surface area (Å²) in [6.45, 7) is 0. The summed E-state index contributed by atoms with van der Waals surface area (Å²) in [6.07, 6.45) is 3.98. The third kappa shape index (κ3) is 3.72. The van der Waals surface area contributed by atoms with Gasteiger partial charge in [0.1, 0.15) is 5.56 Å². The first-order valence-electron chi connectivity index (χ1n) is 7.16. The number of carbonyl (C=O) groups is 1. The van der Waals surface area contributed by atoms with Gasteiger partial charge in [0.15, 0.2) is 5.13 Å². The molecule has 0 aliphatic carbocycles. The van der Waals surface area contributed by atoms with Crippen LogP contribution >= 0.6 is 22.9 Å². The van der Waals surface area contributed by atoms with Gasteiger partial charge in [-0.25, -0.2) is 9.97 Å². The van der Waals surface area contributed by atoms with Crippen LogP contribution in [0.2, 0.25) is 5.02 Å². The number of thiazole rings is 1. The molecule has 7 heteroatoms. The van der Waals surface area contributed by atoms with Gasteiger partial charge in [-0.2, -0.15) is 0 Å². The minimum absolute atomic E-state index is 0.280. The van der Waals surface area contributed by atoms with Crippen LogP contribution in [0.5, 0.6) is 5.88 Å². The molecule has 1 aromatic carbocycles. The lowest BCUT2D eigenvalue weighted by molar-refractivity contribution is 0.102. The van der Waals surface area contributed by atoms with E-state index in [9.17, 15) is 4.79 Å². The first-order valence-corrected chi connectivity index (χ1v) is 8.35. The molecule has 2 heterocycles. The smallest absolute Gasteiger partial charge is 0.262 e. The normalized spacial score (nSPS) is 10.4. The van der Waals surface area contributed by atoms with Crippen molar-refractivity contribution in [3.05, 3.63) is 69.8 Å². The molecule has 5 nitrogen and oxygen atoms in total. The summed E-state index contributed by atoms with van der Waals surface area (Å²) >= 11 is 7.58. The van der Waals surface area contributed by atoms with Gasteiger partial charge in [-0.1, -0.05) is 29.8 Å². The Hall–Kier alpha value is -2.44. The second kappa shape index (κ2) is 7.42. The highest BCUT2D eigenvalue weighted by atomic mass is 35.5. The number of carbonyl (C=O) groups excluding carboxylic acids is 1. The fourth-order valence-electron chi connectivity index (χ4n) is 2.17. The molecular weight excluding hydrogens is 346 g/mol. The lowest BCUT2D eigenvalue weighted by Gasteiger charge is -2.05. The van der Waals surface area contributed by atoms with Gasteiger partial charge in [-0.05, 0) is 23.8 Å². The minimum Gasteiger partial charge on any atom is -0.480 e. The number of halogens is 1. The predicted molar refractivity (Wildman–Crippen MR) is 95.1 cm³/mol. The quantitative estimate of drug-likeness (QED) is 0.746. The van der Waals surface area contributed by atoms with Crippen LogP contribution in [-0.4, -0.2) is 23.0 Å². The lowest BCUT2D eigenvalue weighted by atomic mass is 10.1. The van der Waals surface area contributed by atoms with Crippen molar-refractivity contribution in [2.75, 3.05) is 12.4 Å². The number of amides is 1. The highest BCUT2D eigenvalue weighted by molar-refractivity contribution is 7.15. The Kier molecular flexibility index (Phi) is 5.08. The van der Waals surface area contributed by atoms with Crippen LogP contribution in [0.4, 0.5) is 5.13 Å². The molecule has 2 aromatic heterocycles. The number of pyridine rings is 1. The third-order valence-electron chi connectivity index (χ3n) is 3.31. The third-order valence-corrected chi connectivity index (χ3v) is 4.59. The number of methoxy groups -OCH3 is 1. The Morgan fingerprint density at radius 2 is 2.08 bits per heavy atom. The van der Waals surface area contributed by atoms with Crippen LogP contribution < -0.4 is 10.1 Å². The molecule has 1 N–H and O–H groups in total. The number of aromatic nitrogens is 2. The Balaban J connectivity index is 1.72. The lowest BCUT2D eigenvalue weighted by Crippen LogP contribution is -2.13. The second-order valence-corrected chi connectivity index (χ2v) is 6.44. The van der Waals surface area contributed by atoms with Crippen LogP contribution in [0.3, 0.4) is 0 Å². The Bertz CT molecular complexity index is 866. The molecule has 3 rings (SSSR count). The number of nitrogens with zero attached hydrogens (tertiary/aromatic N) is 2. The molecule has 0 aliphatic heterocycles. The summed E-state index contributed by atoms with van der Waals surface area (Å²) < 4.78 is 5.10. The van der Waals surface area contributed by atoms with E-state index in [1.165, 1.54) is 18.4 Å². The first kappa shape index (κ1) is 16.4. The summed E-state index contributed by atoms with van der Waals surface area (Å²) in [6, 6.07) is 11.0. The summed E-state index contributed by atoms with van der Waals surface area (Å²) in [5.74, 6) is -0.0264. The molecule has 0 radical (unpaired) electrons. The minimum atomic E-state index is -0.307. The molecule has 0 aliphatic rings. The van der Waals surface area contributed by atoms with Crippen LogP contribution in [-0.2, 0) is 6.42 Å². The van der Waals surface area contributed by atoms with Crippen LogP contribution in [0.1, 0.15) is 20.8 Å². The standard InChI is InChI=1S/C17H14ClN3O2S/c1-23-16-13(6-4-8-19-16)15(22)21-17-20-10-12(24-17)9-11-5-2-3-7-14(11)18/h2-8,10H,9H2,1H3,(H,20,21,22). The second-order valence-electron chi connectivity index (χ2n) is 4.91. The number of ether oxygens (including phenoxy) is 1. The fourth-order valence-corrected chi connectivity index (χ4v) is 3.20. The molecule has 0 unspecified atom stereocenters. The molecule has 24 heavy (non-hydrogen) atoms. The monoisotopic (exact) mass is 359 g/mol. The molecule has 0 fully saturated rings. The van der Waals surface area contributed by atoms with E-state index in [0.717, 1.165) is 15.5 Å². The fraction of sp³-hybridized carbons (Fsp3) is 0.118. The van der Waals surface area contributed by atoms with E-state index in [1.807, 2.05) is 24.3 Å². The number of rotatable bonds is 5. The number of anilines is 1. The van der Waals surface area contributed by atoms with Gasteiger partial charge >= 0.3 is 0 Å². The van der Waals surface area contributed by atoms with Gasteiger partial charge in [0.2, 0.25) is 5.88 Å². The number of hydrogen-bond acceptors (Lipinski definition) is 5. The number of nitrogens with one attached hydrogen (secondary N) is 1. The van der Waals surface area contributed by atoms with Crippen LogP contribution in [0.25, 0.3) is 0 Å². The van der Waals surface area contributed by atoms with E-state index in [1.54, 1.807) is 24.5 Å². The SMILES string of the molecule is COc1ncccc1C(=O)Nc1ncc(Cc2ccccc2Cl)s1. The average molecular weight is 360 g/mol. The van der Waals surface area contributed by atoms with Crippen molar-refractivity contribution in [3.63, 3.8) is 0 Å². The maximum Gasteiger partial charge on any atom is 0.262 e. The number of benzene rings is 1. The topological polar surface area (TPSA) is 64.1 Å². The van der Waals surface area contributed by atoms with Crippen LogP contribution in [0.15, 0.2) is 48.8 Å². The van der Waals surface area contributed by atoms with Gasteiger partial charge < -0.3 is 4.74 Å². The number of hydrogen-bond donors (Lipinski definition) is 1. The van der Waals surface area contributed by atoms with E-state index in [2.05, 4.69) is 15.3 Å². The van der Waals surface area contributed by atoms with Crippen molar-refractivity contribution in [2.24, 2.45) is 0 Å². The molecule has 0 saturated carbocycles. The van der Waals surface area contributed by atoms with Crippen molar-refractivity contribution in [3.8, 4) is 5.88 Å². The van der Waals surface area contributed by atoms with Gasteiger partial charge in [0, 0.05) is 28.7 Å². The Morgan fingerprint density at radius 1 is 1.25 bits per heavy atom. The van der Waals surface area contributed by atoms with Crippen molar-refractivity contribution >= 4 is 34.0 Å². The van der Waals surface area contributed by atoms with Crippen molar-refractivity contribution in [2.45, 2.75) is 6.42 Å². The molecule has 0 spiro atoms. The summed E-state index contributed by atoms with van der Waals surface area (Å²) in [5, 5.41) is 4.01. The highest BCUT2D eigenvalue weighted by Gasteiger charge is 2.15. The molecule has 0 saturated heterocycles. The zero-order chi connectivity index (χ0) is 16.9. The van der Waals surface area contributed by atoms with Crippen molar-refractivity contribution in [1.29, 1.82) is 0 Å². The Morgan fingerprint density at radius 3 is 2.88 bits per heavy atom. The van der Waals surface area contributed by atoms with E-state index >= 15 is 0 Å². The summed E-state index contributed by atoms with van der Waals surface area (Å²) in [4.78, 5) is 21.6. The molecule has 122 valence electrons. The zero-order valence-electron chi connectivity index (χ0n) is 12.8. The van der Waals surface area contributed by atoms with Gasteiger partial charge in [0.25, 0.3) is 5.91 Å². The van der Waals surface area contributed by atoms with Gasteiger partial charge in [-0.3, -0.25) is 10.1 Å². The van der Waals surface area contributed by atoms with Crippen molar-refractivity contribution < 1.29 is 9.53 Å². The Labute approximate surface area is 148 Å². The van der Waals surface area contributed by atoms with E-state index in [0.29, 0.717) is 17.1 Å². The molecule has 1 amide bonds. The van der Waals surface area contributed by atoms with Gasteiger partial charge in [0.05, 0.1) is 7.11 Å². The maximum absolute atomic E-state index is 12.3. The van der Waals surface area contributed by atoms with E-state index in [4.69, 9.17) is 16.3 Å². The molecular formula is C17H14ClN3O2S. The summed E-state index contributed by atoms with van der Waals surface area (Å²) in [5.41, 5.74) is 1.39. The van der Waals surface area contributed by atoms with Crippen LogP contribution in [0, 0.1) is 0 Å². The largest absolute Gasteiger partial charge is 0.480 e. The highest BCUT2D eigenvalue weighted by Crippen LogP contribution is 2.25. The van der Waals surface area contributed by atoms with E-state index < -0.39 is 0 Å². The van der Waals surface area contributed by atoms with Gasteiger partial charge in [-0.15, -0.1) is 11.3 Å². The zero-order valence-corrected chi connectivity index (χ0v) is 14.4. The predicted octanol–water partition coefficient (Wildman–Crippen LogP) is 4.04. The summed E-state index contributed by atoms with van der Waals surface area (Å²) in [7, 11) is 1.48. The molecule has 0 atom stereocenters. The van der Waals surface area contributed by atoms with E-state index in [-0.39, 0.29) is 11.8 Å². The van der Waals surface area contributed by atoms with Crippen molar-refractivity contribution in [1.82, 2.24) is 9.97 Å². The average Bonchev–Trinajstić information content (AvgIpc) is 3.04.